The molecule has 10 heteroatoms. The highest BCUT2D eigenvalue weighted by Gasteiger charge is 2.19. The molecule has 2 heterocycles. The van der Waals surface area contributed by atoms with Gasteiger partial charge in [-0.1, -0.05) is 41.1 Å². The van der Waals surface area contributed by atoms with E-state index >= 15 is 0 Å². The van der Waals surface area contributed by atoms with Crippen molar-refractivity contribution in [2.75, 3.05) is 12.4 Å². The largest absolute Gasteiger partial charge is 0.313 e. The highest BCUT2D eigenvalue weighted by atomic mass is 35.5. The van der Waals surface area contributed by atoms with E-state index in [4.69, 9.17) is 11.6 Å². The molecule has 0 spiro atoms. The fourth-order valence-corrected chi connectivity index (χ4v) is 3.84. The molecule has 7 nitrogen and oxygen atoms in total. The Balaban J connectivity index is 1.68. The maximum Gasteiger partial charge on any atom is 0.211 e. The Bertz CT molecular complexity index is 1000. The average molecular weight is 436 g/mol. The van der Waals surface area contributed by atoms with E-state index in [2.05, 4.69) is 33.0 Å². The van der Waals surface area contributed by atoms with Crippen LogP contribution in [0.15, 0.2) is 42.2 Å². The van der Waals surface area contributed by atoms with Crippen molar-refractivity contribution < 1.29 is 4.39 Å². The normalized spacial score (nSPS) is 12.8. The summed E-state index contributed by atoms with van der Waals surface area (Å²) in [6.45, 7) is 6.36. The zero-order valence-corrected chi connectivity index (χ0v) is 18.2. The number of anilines is 2. The Hall–Kier alpha value is -2.49. The number of aromatic nitrogens is 4. The summed E-state index contributed by atoms with van der Waals surface area (Å²) in [6.07, 6.45) is 3.80. The second kappa shape index (κ2) is 9.34. The molecule has 0 saturated carbocycles. The molecule has 0 radical (unpaired) electrons. The number of hydrogen-bond acceptors (Lipinski definition) is 7. The molecule has 0 aliphatic rings. The van der Waals surface area contributed by atoms with Gasteiger partial charge in [0.15, 0.2) is 5.82 Å². The van der Waals surface area contributed by atoms with Gasteiger partial charge in [-0.15, -0.1) is 10.2 Å². The highest BCUT2D eigenvalue weighted by Crippen LogP contribution is 2.28. The third kappa shape index (κ3) is 4.92. The van der Waals surface area contributed by atoms with E-state index in [0.717, 1.165) is 10.7 Å². The SMILES string of the molecule is C/C=C(/C)N(NC)C(C)c1nnc(Nc2ccn(Cc3cccc(Cl)c3F)n2)s1. The monoisotopic (exact) mass is 435 g/mol. The molecule has 1 unspecified atom stereocenters. The number of allylic oxidation sites excluding steroid dienone is 2. The molecule has 0 aliphatic heterocycles. The van der Waals surface area contributed by atoms with Gasteiger partial charge in [0.25, 0.3) is 0 Å². The van der Waals surface area contributed by atoms with Gasteiger partial charge in [0, 0.05) is 30.6 Å². The second-order valence-corrected chi connectivity index (χ2v) is 7.80. The van der Waals surface area contributed by atoms with Gasteiger partial charge in [-0.05, 0) is 26.8 Å². The minimum atomic E-state index is -0.424. The predicted octanol–water partition coefficient (Wildman–Crippen LogP) is 4.74. The number of halogens is 2. The van der Waals surface area contributed by atoms with Crippen molar-refractivity contribution in [3.05, 3.63) is 63.6 Å². The highest BCUT2D eigenvalue weighted by molar-refractivity contribution is 7.15. The minimum absolute atomic E-state index is 0.0209. The summed E-state index contributed by atoms with van der Waals surface area (Å²) in [4.78, 5) is 0. The Morgan fingerprint density at radius 1 is 1.38 bits per heavy atom. The molecule has 154 valence electrons. The van der Waals surface area contributed by atoms with Crippen molar-refractivity contribution in [3.8, 4) is 0 Å². The molecule has 0 fully saturated rings. The molecular weight excluding hydrogens is 413 g/mol. The zero-order chi connectivity index (χ0) is 21.0. The van der Waals surface area contributed by atoms with Crippen LogP contribution in [0.5, 0.6) is 0 Å². The molecule has 3 rings (SSSR count). The molecule has 2 aromatic heterocycles. The van der Waals surface area contributed by atoms with Gasteiger partial charge in [0.05, 0.1) is 17.6 Å². The van der Waals surface area contributed by atoms with Crippen molar-refractivity contribution >= 4 is 33.9 Å². The Morgan fingerprint density at radius 2 is 2.17 bits per heavy atom. The lowest BCUT2D eigenvalue weighted by Crippen LogP contribution is -2.35. The Morgan fingerprint density at radius 3 is 2.90 bits per heavy atom. The first-order chi connectivity index (χ1) is 13.9. The van der Waals surface area contributed by atoms with Crippen LogP contribution in [-0.4, -0.2) is 32.0 Å². The number of hydrogen-bond donors (Lipinski definition) is 2. The molecule has 29 heavy (non-hydrogen) atoms. The molecule has 1 aromatic carbocycles. The van der Waals surface area contributed by atoms with Crippen LogP contribution in [0, 0.1) is 5.82 Å². The second-order valence-electron chi connectivity index (χ2n) is 6.38. The van der Waals surface area contributed by atoms with E-state index in [1.165, 1.54) is 17.4 Å². The average Bonchev–Trinajstić information content (AvgIpc) is 3.35. The first kappa shape index (κ1) is 21.2. The molecule has 0 saturated heterocycles. The van der Waals surface area contributed by atoms with Crippen molar-refractivity contribution in [1.82, 2.24) is 30.4 Å². The fraction of sp³-hybridized carbons (Fsp3) is 0.316. The number of nitrogens with one attached hydrogen (secondary N) is 2. The van der Waals surface area contributed by atoms with Gasteiger partial charge in [0.1, 0.15) is 10.8 Å². The van der Waals surface area contributed by atoms with Crippen LogP contribution in [0.2, 0.25) is 5.02 Å². The van der Waals surface area contributed by atoms with Gasteiger partial charge >= 0.3 is 0 Å². The first-order valence-corrected chi connectivity index (χ1v) is 10.3. The van der Waals surface area contributed by atoms with Crippen LogP contribution in [0.1, 0.15) is 37.4 Å². The van der Waals surface area contributed by atoms with Crippen LogP contribution < -0.4 is 10.7 Å². The third-order valence-corrected chi connectivity index (χ3v) is 5.76. The lowest BCUT2D eigenvalue weighted by Gasteiger charge is -2.29. The standard InChI is InChI=1S/C19H23ClFN7S/c1-5-12(2)28(22-4)13(3)18-24-25-19(29-18)23-16-9-10-27(26-16)11-14-7-6-8-15(20)17(14)21/h5-10,13,22H,11H2,1-4H3,(H,23,25,26)/b12-5-. The summed E-state index contributed by atoms with van der Waals surface area (Å²) in [7, 11) is 1.87. The van der Waals surface area contributed by atoms with E-state index in [-0.39, 0.29) is 17.6 Å². The number of rotatable bonds is 8. The van der Waals surface area contributed by atoms with Crippen LogP contribution >= 0.6 is 22.9 Å². The predicted molar refractivity (Wildman–Crippen MR) is 115 cm³/mol. The van der Waals surface area contributed by atoms with Crippen molar-refractivity contribution in [2.45, 2.75) is 33.4 Å². The van der Waals surface area contributed by atoms with Gasteiger partial charge in [-0.3, -0.25) is 4.68 Å². The summed E-state index contributed by atoms with van der Waals surface area (Å²) in [6, 6.07) is 6.76. The lowest BCUT2D eigenvalue weighted by molar-refractivity contribution is 0.205. The molecule has 1 atom stereocenters. The van der Waals surface area contributed by atoms with Crippen molar-refractivity contribution in [1.29, 1.82) is 0 Å². The van der Waals surface area contributed by atoms with E-state index in [0.29, 0.717) is 16.5 Å². The summed E-state index contributed by atoms with van der Waals surface area (Å²) in [5.41, 5.74) is 4.74. The van der Waals surface area contributed by atoms with E-state index in [1.54, 1.807) is 29.1 Å². The van der Waals surface area contributed by atoms with E-state index < -0.39 is 5.82 Å². The molecular formula is C19H23ClFN7S. The maximum atomic E-state index is 14.1. The van der Waals surface area contributed by atoms with Gasteiger partial charge in [-0.2, -0.15) is 5.10 Å². The maximum absolute atomic E-state index is 14.1. The first-order valence-electron chi connectivity index (χ1n) is 9.09. The van der Waals surface area contributed by atoms with Crippen LogP contribution in [0.4, 0.5) is 15.3 Å². The summed E-state index contributed by atoms with van der Waals surface area (Å²) >= 11 is 7.30. The van der Waals surface area contributed by atoms with Crippen molar-refractivity contribution in [3.63, 3.8) is 0 Å². The topological polar surface area (TPSA) is 70.9 Å². The fourth-order valence-electron chi connectivity index (χ4n) is 2.85. The molecule has 2 N–H and O–H groups in total. The third-order valence-electron chi connectivity index (χ3n) is 4.46. The number of hydrazine groups is 1. The lowest BCUT2D eigenvalue weighted by atomic mass is 10.2. The van der Waals surface area contributed by atoms with E-state index in [1.807, 2.05) is 32.0 Å². The molecule has 0 aliphatic carbocycles. The minimum Gasteiger partial charge on any atom is -0.313 e. The van der Waals surface area contributed by atoms with Gasteiger partial charge in [0.2, 0.25) is 5.13 Å². The zero-order valence-electron chi connectivity index (χ0n) is 16.6. The smallest absolute Gasteiger partial charge is 0.211 e. The number of benzene rings is 1. The van der Waals surface area contributed by atoms with Crippen LogP contribution in [0.25, 0.3) is 0 Å². The quantitative estimate of drug-likeness (QED) is 0.498. The molecule has 0 amide bonds. The van der Waals surface area contributed by atoms with Gasteiger partial charge in [-0.25, -0.2) is 9.82 Å². The van der Waals surface area contributed by atoms with Crippen LogP contribution in [-0.2, 0) is 6.54 Å². The Labute approximate surface area is 178 Å². The van der Waals surface area contributed by atoms with Crippen LogP contribution in [0.3, 0.4) is 0 Å². The molecule has 3 aromatic rings. The summed E-state index contributed by atoms with van der Waals surface area (Å²) in [5.74, 6) is 0.185. The summed E-state index contributed by atoms with van der Waals surface area (Å²) in [5, 5.41) is 19.7. The van der Waals surface area contributed by atoms with Crippen molar-refractivity contribution in [2.24, 2.45) is 0 Å². The van der Waals surface area contributed by atoms with Gasteiger partial charge < -0.3 is 10.3 Å². The molecule has 0 bridgehead atoms. The van der Waals surface area contributed by atoms with E-state index in [9.17, 15) is 4.39 Å². The number of nitrogens with zero attached hydrogens (tertiary/aromatic N) is 5. The Kier molecular flexibility index (Phi) is 6.83. The summed E-state index contributed by atoms with van der Waals surface area (Å²) < 4.78 is 15.7.